The third kappa shape index (κ3) is 3.24. The van der Waals surface area contributed by atoms with Crippen LogP contribution in [0.5, 0.6) is 11.5 Å². The summed E-state index contributed by atoms with van der Waals surface area (Å²) in [4.78, 5) is 0. The van der Waals surface area contributed by atoms with Gasteiger partial charge in [0.2, 0.25) is 0 Å². The Hall–Kier alpha value is -0.490. The summed E-state index contributed by atoms with van der Waals surface area (Å²) in [5.74, 6) is 0.437. The number of phenols is 1. The van der Waals surface area contributed by atoms with Gasteiger partial charge >= 0.3 is 0 Å². The fraction of sp³-hybridized carbons (Fsp3) is 0.333. The first-order chi connectivity index (χ1) is 6.60. The fourth-order valence-electron chi connectivity index (χ4n) is 1.16. The number of benzene rings is 1. The quantitative estimate of drug-likeness (QED) is 0.790. The highest BCUT2D eigenvalue weighted by molar-refractivity contribution is 9.10. The normalized spacial score (nSPS) is 11.7. The van der Waals surface area contributed by atoms with Gasteiger partial charge in [-0.3, -0.25) is 0 Å². The largest absolute Gasteiger partial charge is 0.504 e. The maximum atomic E-state index is 9.73. The van der Waals surface area contributed by atoms with Crippen LogP contribution in [-0.2, 0) is 0 Å². The minimum Gasteiger partial charge on any atom is -0.504 e. The number of phenolic OH excluding ortho intramolecular Hbond substituents is 1. The Balaban J connectivity index is 0.00000196. The van der Waals surface area contributed by atoms with Crippen LogP contribution in [0.3, 0.4) is 0 Å². The van der Waals surface area contributed by atoms with E-state index in [1.54, 1.807) is 12.1 Å². The summed E-state index contributed by atoms with van der Waals surface area (Å²) >= 11 is 3.30. The molecule has 86 valence electrons. The number of aromatic hydroxyl groups is 1. The molecule has 5 N–H and O–H groups in total. The topological polar surface area (TPSA) is 81.5 Å². The number of hydrogen-bond acceptors (Lipinski definition) is 4. The molecule has 1 aromatic rings. The molecule has 4 nitrogen and oxygen atoms in total. The van der Waals surface area contributed by atoms with E-state index in [1.165, 1.54) is 7.11 Å². The van der Waals surface area contributed by atoms with Crippen LogP contribution < -0.4 is 16.2 Å². The molecule has 0 bridgehead atoms. The minimum absolute atomic E-state index is 0. The van der Waals surface area contributed by atoms with Crippen LogP contribution in [0.25, 0.3) is 0 Å². The van der Waals surface area contributed by atoms with E-state index in [9.17, 15) is 5.11 Å². The van der Waals surface area contributed by atoms with Crippen molar-refractivity contribution in [2.24, 2.45) is 11.5 Å². The SMILES string of the molecule is COc1cc(Br)cc([C@H](N)CN)c1O.Cl. The molecule has 0 amide bonds. The maximum Gasteiger partial charge on any atom is 0.162 e. The molecule has 0 saturated heterocycles. The van der Waals surface area contributed by atoms with Crippen LogP contribution in [0, 0.1) is 0 Å². The molecular formula is C9H14BrClN2O2. The molecule has 0 aliphatic rings. The number of halogens is 2. The second kappa shape index (κ2) is 6.17. The Morgan fingerprint density at radius 2 is 2.13 bits per heavy atom. The van der Waals surface area contributed by atoms with E-state index in [2.05, 4.69) is 15.9 Å². The zero-order valence-electron chi connectivity index (χ0n) is 8.24. The monoisotopic (exact) mass is 296 g/mol. The molecule has 0 aromatic heterocycles. The molecule has 1 aromatic carbocycles. The van der Waals surface area contributed by atoms with E-state index >= 15 is 0 Å². The predicted octanol–water partition coefficient (Wildman–Crippen LogP) is 1.54. The summed E-state index contributed by atoms with van der Waals surface area (Å²) in [6, 6.07) is 3.01. The van der Waals surface area contributed by atoms with E-state index in [4.69, 9.17) is 16.2 Å². The molecule has 1 rings (SSSR count). The van der Waals surface area contributed by atoms with Crippen LogP contribution in [-0.4, -0.2) is 18.8 Å². The Morgan fingerprint density at radius 1 is 1.53 bits per heavy atom. The van der Waals surface area contributed by atoms with Gasteiger partial charge in [-0.15, -0.1) is 12.4 Å². The Kier molecular flexibility index (Phi) is 5.97. The fourth-order valence-corrected chi connectivity index (χ4v) is 1.61. The van der Waals surface area contributed by atoms with Crippen molar-refractivity contribution < 1.29 is 9.84 Å². The third-order valence-electron chi connectivity index (χ3n) is 1.94. The molecule has 6 heteroatoms. The van der Waals surface area contributed by atoms with Crippen LogP contribution in [0.2, 0.25) is 0 Å². The van der Waals surface area contributed by atoms with Crippen molar-refractivity contribution >= 4 is 28.3 Å². The molecule has 1 atom stereocenters. The predicted molar refractivity (Wildman–Crippen MR) is 65.6 cm³/mol. The van der Waals surface area contributed by atoms with E-state index < -0.39 is 0 Å². The maximum absolute atomic E-state index is 9.73. The molecule has 0 aliphatic carbocycles. The van der Waals surface area contributed by atoms with Gasteiger partial charge in [-0.2, -0.15) is 0 Å². The standard InChI is InChI=1S/C9H13BrN2O2.ClH/c1-14-8-3-5(10)2-6(9(8)13)7(12)4-11;/h2-3,7,13H,4,11-12H2,1H3;1H/t7-;/m1./s1. The first kappa shape index (κ1) is 14.5. The smallest absolute Gasteiger partial charge is 0.162 e. The number of rotatable bonds is 3. The Labute approximate surface area is 103 Å². The van der Waals surface area contributed by atoms with Gasteiger partial charge in [0.25, 0.3) is 0 Å². The van der Waals surface area contributed by atoms with Crippen molar-refractivity contribution in [1.29, 1.82) is 0 Å². The molecule has 0 fully saturated rings. The number of ether oxygens (including phenoxy) is 1. The molecule has 0 heterocycles. The van der Waals surface area contributed by atoms with Crippen LogP contribution in [0.4, 0.5) is 0 Å². The lowest BCUT2D eigenvalue weighted by Gasteiger charge is -2.14. The second-order valence-electron chi connectivity index (χ2n) is 2.89. The van der Waals surface area contributed by atoms with Gasteiger partial charge in [0.1, 0.15) is 0 Å². The molecular weight excluding hydrogens is 283 g/mol. The summed E-state index contributed by atoms with van der Waals surface area (Å²) in [7, 11) is 1.49. The Bertz CT molecular complexity index is 336. The average molecular weight is 298 g/mol. The van der Waals surface area contributed by atoms with Gasteiger partial charge in [0.05, 0.1) is 7.11 Å². The van der Waals surface area contributed by atoms with Crippen molar-refractivity contribution in [1.82, 2.24) is 0 Å². The van der Waals surface area contributed by atoms with Crippen LogP contribution in [0.15, 0.2) is 16.6 Å². The second-order valence-corrected chi connectivity index (χ2v) is 3.80. The van der Waals surface area contributed by atoms with Crippen molar-refractivity contribution in [3.05, 3.63) is 22.2 Å². The van der Waals surface area contributed by atoms with Gasteiger partial charge in [0.15, 0.2) is 11.5 Å². The third-order valence-corrected chi connectivity index (χ3v) is 2.40. The summed E-state index contributed by atoms with van der Waals surface area (Å²) in [6.45, 7) is 0.271. The molecule has 0 radical (unpaired) electrons. The molecule has 15 heavy (non-hydrogen) atoms. The Morgan fingerprint density at radius 3 is 2.60 bits per heavy atom. The van der Waals surface area contributed by atoms with Gasteiger partial charge in [0, 0.05) is 22.6 Å². The van der Waals surface area contributed by atoms with Gasteiger partial charge in [-0.1, -0.05) is 15.9 Å². The lowest BCUT2D eigenvalue weighted by atomic mass is 10.1. The number of hydrogen-bond donors (Lipinski definition) is 3. The van der Waals surface area contributed by atoms with Gasteiger partial charge in [-0.05, 0) is 12.1 Å². The zero-order chi connectivity index (χ0) is 10.7. The minimum atomic E-state index is -0.388. The van der Waals surface area contributed by atoms with Gasteiger partial charge in [-0.25, -0.2) is 0 Å². The molecule has 0 aliphatic heterocycles. The van der Waals surface area contributed by atoms with E-state index in [0.717, 1.165) is 4.47 Å². The highest BCUT2D eigenvalue weighted by atomic mass is 79.9. The summed E-state index contributed by atoms with van der Waals surface area (Å²) in [6.07, 6.45) is 0. The van der Waals surface area contributed by atoms with E-state index in [-0.39, 0.29) is 30.7 Å². The van der Waals surface area contributed by atoms with Crippen molar-refractivity contribution in [3.8, 4) is 11.5 Å². The van der Waals surface area contributed by atoms with Crippen molar-refractivity contribution in [3.63, 3.8) is 0 Å². The molecule has 0 unspecified atom stereocenters. The first-order valence-corrected chi connectivity index (χ1v) is 4.91. The average Bonchev–Trinajstić information content (AvgIpc) is 2.19. The first-order valence-electron chi connectivity index (χ1n) is 4.12. The summed E-state index contributed by atoms with van der Waals surface area (Å²) in [5, 5.41) is 9.73. The van der Waals surface area contributed by atoms with Crippen molar-refractivity contribution in [2.75, 3.05) is 13.7 Å². The summed E-state index contributed by atoms with van der Waals surface area (Å²) < 4.78 is 5.78. The van der Waals surface area contributed by atoms with E-state index in [0.29, 0.717) is 11.3 Å². The zero-order valence-corrected chi connectivity index (χ0v) is 10.6. The number of nitrogens with two attached hydrogens (primary N) is 2. The summed E-state index contributed by atoms with van der Waals surface area (Å²) in [5.41, 5.74) is 11.7. The molecule has 0 spiro atoms. The van der Waals surface area contributed by atoms with Gasteiger partial charge < -0.3 is 21.3 Å². The lowest BCUT2D eigenvalue weighted by Crippen LogP contribution is -2.20. The highest BCUT2D eigenvalue weighted by Crippen LogP contribution is 2.35. The van der Waals surface area contributed by atoms with Crippen LogP contribution in [0.1, 0.15) is 11.6 Å². The van der Waals surface area contributed by atoms with E-state index in [1.807, 2.05) is 0 Å². The highest BCUT2D eigenvalue weighted by Gasteiger charge is 2.14. The van der Waals surface area contributed by atoms with Crippen LogP contribution >= 0.6 is 28.3 Å². The molecule has 0 saturated carbocycles. The lowest BCUT2D eigenvalue weighted by molar-refractivity contribution is 0.368. The number of methoxy groups -OCH3 is 1. The van der Waals surface area contributed by atoms with Crippen molar-refractivity contribution in [2.45, 2.75) is 6.04 Å².